The highest BCUT2D eigenvalue weighted by molar-refractivity contribution is 9.09. The van der Waals surface area contributed by atoms with Gasteiger partial charge in [0.2, 0.25) is 0 Å². The zero-order valence-electron chi connectivity index (χ0n) is 6.47. The van der Waals surface area contributed by atoms with Crippen molar-refractivity contribution in [2.24, 2.45) is 5.41 Å². The molecule has 2 nitrogen and oxygen atoms in total. The average molecular weight is 219 g/mol. The highest BCUT2D eigenvalue weighted by Gasteiger charge is 2.52. The van der Waals surface area contributed by atoms with Crippen molar-refractivity contribution in [1.29, 1.82) is 0 Å². The summed E-state index contributed by atoms with van der Waals surface area (Å²) in [5.74, 6) is -0.0262. The zero-order chi connectivity index (χ0) is 8.06. The Morgan fingerprint density at radius 2 is 2.45 bits per heavy atom. The van der Waals surface area contributed by atoms with Crippen LogP contribution < -0.4 is 0 Å². The molecule has 0 aromatic heterocycles. The van der Waals surface area contributed by atoms with E-state index in [1.54, 1.807) is 0 Å². The molecule has 0 aromatic carbocycles. The maximum Gasteiger partial charge on any atom is 0.306 e. The number of fused-ring (bicyclic) bond motifs is 1. The van der Waals surface area contributed by atoms with Crippen LogP contribution in [0.4, 0.5) is 0 Å². The van der Waals surface area contributed by atoms with Crippen molar-refractivity contribution in [3.05, 3.63) is 0 Å². The van der Waals surface area contributed by atoms with Crippen LogP contribution in [-0.2, 0) is 9.53 Å². The van der Waals surface area contributed by atoms with Crippen molar-refractivity contribution in [3.63, 3.8) is 0 Å². The molecule has 1 heterocycles. The van der Waals surface area contributed by atoms with E-state index in [2.05, 4.69) is 22.9 Å². The van der Waals surface area contributed by atoms with E-state index in [9.17, 15) is 4.79 Å². The fraction of sp³-hybridized carbons (Fsp3) is 0.875. The van der Waals surface area contributed by atoms with Gasteiger partial charge in [-0.3, -0.25) is 4.79 Å². The molecule has 1 unspecified atom stereocenters. The minimum atomic E-state index is -0.0262. The van der Waals surface area contributed by atoms with Gasteiger partial charge in [0.05, 0.1) is 11.2 Å². The Kier molecular flexibility index (Phi) is 1.53. The fourth-order valence-electron chi connectivity index (χ4n) is 2.12. The van der Waals surface area contributed by atoms with Gasteiger partial charge < -0.3 is 4.74 Å². The third-order valence-electron chi connectivity index (χ3n) is 2.81. The summed E-state index contributed by atoms with van der Waals surface area (Å²) in [6.07, 6.45) is 2.99. The molecule has 0 spiro atoms. The number of carbonyl (C=O) groups excluding carboxylic acids is 1. The number of rotatable bonds is 0. The van der Waals surface area contributed by atoms with Crippen molar-refractivity contribution < 1.29 is 9.53 Å². The number of hydrogen-bond acceptors (Lipinski definition) is 2. The van der Waals surface area contributed by atoms with Crippen LogP contribution in [0.2, 0.25) is 0 Å². The van der Waals surface area contributed by atoms with Crippen LogP contribution in [0.1, 0.15) is 26.2 Å². The Morgan fingerprint density at radius 1 is 1.73 bits per heavy atom. The molecular formula is C8H11BrO2. The second-order valence-electron chi connectivity index (χ2n) is 3.80. The molecule has 2 fully saturated rings. The highest BCUT2D eigenvalue weighted by Crippen LogP contribution is 2.49. The lowest BCUT2D eigenvalue weighted by Crippen LogP contribution is -2.26. The maximum absolute atomic E-state index is 11.0. The summed E-state index contributed by atoms with van der Waals surface area (Å²) in [5, 5.41) is 0. The summed E-state index contributed by atoms with van der Waals surface area (Å²) in [6, 6.07) is 0. The standard InChI is InChI=1S/C8H11BrO2/c1-8-3-2-5(9)7(8)11-6(10)4-8/h5,7H,2-4H2,1H3/t5?,7-,8-/m1/s1. The predicted octanol–water partition coefficient (Wildman–Crippen LogP) is 1.87. The SMILES string of the molecule is C[C@]12CCC(Br)[C@H]1OC(=O)C2. The van der Waals surface area contributed by atoms with Gasteiger partial charge in [-0.2, -0.15) is 0 Å². The summed E-state index contributed by atoms with van der Waals surface area (Å²) in [5.41, 5.74) is 0.130. The smallest absolute Gasteiger partial charge is 0.306 e. The third kappa shape index (κ3) is 1.01. The molecule has 11 heavy (non-hydrogen) atoms. The Morgan fingerprint density at radius 3 is 3.09 bits per heavy atom. The van der Waals surface area contributed by atoms with E-state index < -0.39 is 0 Å². The van der Waals surface area contributed by atoms with Gasteiger partial charge in [-0.05, 0) is 12.8 Å². The Labute approximate surface area is 74.4 Å². The molecule has 1 saturated carbocycles. The van der Waals surface area contributed by atoms with E-state index in [1.807, 2.05) is 0 Å². The van der Waals surface area contributed by atoms with Gasteiger partial charge in [0.15, 0.2) is 0 Å². The van der Waals surface area contributed by atoms with Crippen LogP contribution in [0.15, 0.2) is 0 Å². The average Bonchev–Trinajstić information content (AvgIpc) is 2.32. The van der Waals surface area contributed by atoms with Crippen molar-refractivity contribution in [2.75, 3.05) is 0 Å². The number of carbonyl (C=O) groups is 1. The van der Waals surface area contributed by atoms with Gasteiger partial charge in [-0.15, -0.1) is 0 Å². The Bertz CT molecular complexity index is 204. The molecule has 1 aliphatic heterocycles. The number of alkyl halides is 1. The van der Waals surface area contributed by atoms with Gasteiger partial charge in [-0.25, -0.2) is 0 Å². The van der Waals surface area contributed by atoms with E-state index in [0.29, 0.717) is 11.2 Å². The van der Waals surface area contributed by atoms with E-state index >= 15 is 0 Å². The van der Waals surface area contributed by atoms with Crippen LogP contribution in [0.3, 0.4) is 0 Å². The summed E-state index contributed by atoms with van der Waals surface area (Å²) in [6.45, 7) is 2.14. The lowest BCUT2D eigenvalue weighted by molar-refractivity contribution is -0.141. The van der Waals surface area contributed by atoms with E-state index in [-0.39, 0.29) is 17.5 Å². The first kappa shape index (κ1) is 7.59. The molecule has 1 saturated heterocycles. The van der Waals surface area contributed by atoms with E-state index in [0.717, 1.165) is 12.8 Å². The minimum Gasteiger partial charge on any atom is -0.461 e. The molecule has 3 heteroatoms. The monoisotopic (exact) mass is 218 g/mol. The summed E-state index contributed by atoms with van der Waals surface area (Å²) in [4.78, 5) is 11.4. The second-order valence-corrected chi connectivity index (χ2v) is 4.97. The molecule has 0 radical (unpaired) electrons. The van der Waals surface area contributed by atoms with Crippen LogP contribution in [0.5, 0.6) is 0 Å². The van der Waals surface area contributed by atoms with Crippen molar-refractivity contribution in [1.82, 2.24) is 0 Å². The summed E-state index contributed by atoms with van der Waals surface area (Å²) in [7, 11) is 0. The van der Waals surface area contributed by atoms with Gasteiger partial charge in [-0.1, -0.05) is 22.9 Å². The summed E-state index contributed by atoms with van der Waals surface area (Å²) >= 11 is 3.53. The van der Waals surface area contributed by atoms with Crippen LogP contribution >= 0.6 is 15.9 Å². The first-order valence-corrected chi connectivity index (χ1v) is 4.87. The minimum absolute atomic E-state index is 0.0262. The fourth-order valence-corrected chi connectivity index (χ4v) is 3.09. The second kappa shape index (κ2) is 2.22. The number of esters is 1. The van der Waals surface area contributed by atoms with Gasteiger partial charge in [0, 0.05) is 5.41 Å². The number of ether oxygens (including phenoxy) is 1. The quantitative estimate of drug-likeness (QED) is 0.459. The van der Waals surface area contributed by atoms with Gasteiger partial charge in [0.25, 0.3) is 0 Å². The Balaban J connectivity index is 2.24. The molecule has 2 rings (SSSR count). The van der Waals surface area contributed by atoms with E-state index in [1.165, 1.54) is 0 Å². The van der Waals surface area contributed by atoms with Crippen molar-refractivity contribution in [2.45, 2.75) is 37.1 Å². The van der Waals surface area contributed by atoms with Crippen LogP contribution in [0, 0.1) is 5.41 Å². The first-order chi connectivity index (χ1) is 5.12. The highest BCUT2D eigenvalue weighted by atomic mass is 79.9. The molecule has 62 valence electrons. The van der Waals surface area contributed by atoms with Crippen LogP contribution in [0.25, 0.3) is 0 Å². The lowest BCUT2D eigenvalue weighted by atomic mass is 9.85. The van der Waals surface area contributed by atoms with Gasteiger partial charge in [0.1, 0.15) is 6.10 Å². The largest absolute Gasteiger partial charge is 0.461 e. The number of hydrogen-bond donors (Lipinski definition) is 0. The predicted molar refractivity (Wildman–Crippen MR) is 44.6 cm³/mol. The molecule has 3 atom stereocenters. The zero-order valence-corrected chi connectivity index (χ0v) is 8.06. The molecule has 0 aromatic rings. The molecule has 2 aliphatic rings. The molecule has 0 bridgehead atoms. The van der Waals surface area contributed by atoms with Gasteiger partial charge >= 0.3 is 5.97 Å². The van der Waals surface area contributed by atoms with E-state index in [4.69, 9.17) is 4.74 Å². The normalized spacial score (nSPS) is 49.1. The van der Waals surface area contributed by atoms with Crippen molar-refractivity contribution >= 4 is 21.9 Å². The topological polar surface area (TPSA) is 26.3 Å². The molecule has 0 amide bonds. The molecular weight excluding hydrogens is 208 g/mol. The Hall–Kier alpha value is -0.0500. The molecule has 0 N–H and O–H groups in total. The first-order valence-electron chi connectivity index (χ1n) is 3.95. The molecule has 1 aliphatic carbocycles. The van der Waals surface area contributed by atoms with Crippen LogP contribution in [-0.4, -0.2) is 16.9 Å². The van der Waals surface area contributed by atoms with Crippen molar-refractivity contribution in [3.8, 4) is 0 Å². The third-order valence-corrected chi connectivity index (χ3v) is 3.75. The summed E-state index contributed by atoms with van der Waals surface area (Å²) < 4.78 is 5.21. The number of halogens is 1. The maximum atomic E-state index is 11.0. The lowest BCUT2D eigenvalue weighted by Gasteiger charge is -2.20.